The predicted octanol–water partition coefficient (Wildman–Crippen LogP) is 3.99. The van der Waals surface area contributed by atoms with Crippen LogP contribution in [0.3, 0.4) is 0 Å². The van der Waals surface area contributed by atoms with Crippen LogP contribution in [-0.4, -0.2) is 12.2 Å². The molecule has 0 saturated heterocycles. The van der Waals surface area contributed by atoms with E-state index in [1.807, 2.05) is 18.2 Å². The first kappa shape index (κ1) is 14.1. The van der Waals surface area contributed by atoms with E-state index in [2.05, 4.69) is 6.07 Å². The molecule has 0 heterocycles. The highest BCUT2D eigenvalue weighted by molar-refractivity contribution is 5.34. The summed E-state index contributed by atoms with van der Waals surface area (Å²) < 4.78 is 19.1. The van der Waals surface area contributed by atoms with Gasteiger partial charge in [0.05, 0.1) is 13.2 Å². The SMILES string of the molecule is COc1cccc(CC(O)c2cccc(C3CC3)c2)c1F. The third kappa shape index (κ3) is 3.08. The highest BCUT2D eigenvalue weighted by Crippen LogP contribution is 2.40. The lowest BCUT2D eigenvalue weighted by molar-refractivity contribution is 0.176. The topological polar surface area (TPSA) is 29.5 Å². The van der Waals surface area contributed by atoms with Crippen LogP contribution in [0.1, 0.15) is 41.6 Å². The van der Waals surface area contributed by atoms with E-state index >= 15 is 0 Å². The van der Waals surface area contributed by atoms with Crippen molar-refractivity contribution in [2.45, 2.75) is 31.3 Å². The Morgan fingerprint density at radius 3 is 2.71 bits per heavy atom. The minimum atomic E-state index is -0.703. The van der Waals surface area contributed by atoms with E-state index in [4.69, 9.17) is 4.74 Å². The van der Waals surface area contributed by atoms with Crippen LogP contribution in [0, 0.1) is 5.82 Å². The summed E-state index contributed by atoms with van der Waals surface area (Å²) in [6.07, 6.45) is 2.00. The number of methoxy groups -OCH3 is 1. The number of ether oxygens (including phenoxy) is 1. The van der Waals surface area contributed by atoms with Gasteiger partial charge < -0.3 is 9.84 Å². The molecule has 110 valence electrons. The highest BCUT2D eigenvalue weighted by atomic mass is 19.1. The Bertz CT molecular complexity index is 635. The van der Waals surface area contributed by atoms with E-state index in [0.717, 1.165) is 5.56 Å². The van der Waals surface area contributed by atoms with E-state index in [0.29, 0.717) is 11.5 Å². The molecule has 0 radical (unpaired) electrons. The molecule has 2 aromatic carbocycles. The first-order chi connectivity index (χ1) is 10.2. The molecular formula is C18H19FO2. The predicted molar refractivity (Wildman–Crippen MR) is 80.0 cm³/mol. The monoisotopic (exact) mass is 286 g/mol. The van der Waals surface area contributed by atoms with Crippen molar-refractivity contribution in [1.82, 2.24) is 0 Å². The lowest BCUT2D eigenvalue weighted by Crippen LogP contribution is -2.05. The number of aliphatic hydroxyl groups excluding tert-OH is 1. The normalized spacial score (nSPS) is 15.8. The highest BCUT2D eigenvalue weighted by Gasteiger charge is 2.24. The average Bonchev–Trinajstić information content (AvgIpc) is 3.34. The molecule has 0 aromatic heterocycles. The minimum Gasteiger partial charge on any atom is -0.494 e. The molecule has 0 aliphatic heterocycles. The second-order valence-corrected chi connectivity index (χ2v) is 5.60. The van der Waals surface area contributed by atoms with Crippen LogP contribution in [0.2, 0.25) is 0 Å². The van der Waals surface area contributed by atoms with Crippen molar-refractivity contribution in [2.24, 2.45) is 0 Å². The summed E-state index contributed by atoms with van der Waals surface area (Å²) in [7, 11) is 1.44. The maximum absolute atomic E-state index is 14.1. The lowest BCUT2D eigenvalue weighted by Gasteiger charge is -2.14. The van der Waals surface area contributed by atoms with E-state index in [-0.39, 0.29) is 12.2 Å². The van der Waals surface area contributed by atoms with Crippen molar-refractivity contribution in [2.75, 3.05) is 7.11 Å². The Kier molecular flexibility index (Phi) is 3.93. The zero-order valence-corrected chi connectivity index (χ0v) is 12.1. The van der Waals surface area contributed by atoms with Gasteiger partial charge in [0.2, 0.25) is 0 Å². The molecule has 21 heavy (non-hydrogen) atoms. The third-order valence-electron chi connectivity index (χ3n) is 4.02. The number of hydrogen-bond acceptors (Lipinski definition) is 2. The van der Waals surface area contributed by atoms with Crippen LogP contribution in [0.4, 0.5) is 4.39 Å². The Balaban J connectivity index is 1.79. The van der Waals surface area contributed by atoms with E-state index in [1.165, 1.54) is 25.5 Å². The first-order valence-electron chi connectivity index (χ1n) is 7.28. The van der Waals surface area contributed by atoms with Gasteiger partial charge in [0.15, 0.2) is 11.6 Å². The maximum Gasteiger partial charge on any atom is 0.168 e. The molecule has 1 fully saturated rings. The molecule has 0 spiro atoms. The molecule has 0 bridgehead atoms. The second-order valence-electron chi connectivity index (χ2n) is 5.60. The fourth-order valence-electron chi connectivity index (χ4n) is 2.63. The van der Waals surface area contributed by atoms with Crippen molar-refractivity contribution in [3.05, 3.63) is 65.0 Å². The van der Waals surface area contributed by atoms with Gasteiger partial charge in [-0.15, -0.1) is 0 Å². The lowest BCUT2D eigenvalue weighted by atomic mass is 9.98. The standard InChI is InChI=1S/C18H19FO2/c1-21-17-7-3-6-15(18(17)19)11-16(20)14-5-2-4-13(10-14)12-8-9-12/h2-7,10,12,16,20H,8-9,11H2,1H3. The van der Waals surface area contributed by atoms with Gasteiger partial charge in [0, 0.05) is 6.42 Å². The summed E-state index contributed by atoms with van der Waals surface area (Å²) in [5, 5.41) is 10.4. The molecule has 1 saturated carbocycles. The summed E-state index contributed by atoms with van der Waals surface area (Å²) in [5.74, 6) is 0.467. The number of aliphatic hydroxyl groups is 1. The van der Waals surface area contributed by atoms with Gasteiger partial charge in [0.25, 0.3) is 0 Å². The molecular weight excluding hydrogens is 267 g/mol. The van der Waals surface area contributed by atoms with Gasteiger partial charge in [-0.2, -0.15) is 0 Å². The zero-order valence-electron chi connectivity index (χ0n) is 12.1. The third-order valence-corrected chi connectivity index (χ3v) is 4.02. The molecule has 0 amide bonds. The van der Waals surface area contributed by atoms with Gasteiger partial charge in [-0.3, -0.25) is 0 Å². The largest absolute Gasteiger partial charge is 0.494 e. The average molecular weight is 286 g/mol. The van der Waals surface area contributed by atoms with Crippen molar-refractivity contribution in [3.63, 3.8) is 0 Å². The Morgan fingerprint density at radius 1 is 1.24 bits per heavy atom. The summed E-state index contributed by atoms with van der Waals surface area (Å²) in [4.78, 5) is 0. The molecule has 2 nitrogen and oxygen atoms in total. The van der Waals surface area contributed by atoms with Crippen molar-refractivity contribution in [1.29, 1.82) is 0 Å². The Hall–Kier alpha value is -1.87. The number of hydrogen-bond donors (Lipinski definition) is 1. The quantitative estimate of drug-likeness (QED) is 0.900. The molecule has 3 heteroatoms. The van der Waals surface area contributed by atoms with Gasteiger partial charge in [-0.25, -0.2) is 4.39 Å². The smallest absolute Gasteiger partial charge is 0.168 e. The summed E-state index contributed by atoms with van der Waals surface area (Å²) in [5.41, 5.74) is 2.60. The zero-order chi connectivity index (χ0) is 14.8. The Labute approximate surface area is 124 Å². The van der Waals surface area contributed by atoms with E-state index in [1.54, 1.807) is 18.2 Å². The number of benzene rings is 2. The Morgan fingerprint density at radius 2 is 2.00 bits per heavy atom. The fourth-order valence-corrected chi connectivity index (χ4v) is 2.63. The van der Waals surface area contributed by atoms with Gasteiger partial charge in [-0.1, -0.05) is 36.4 Å². The molecule has 3 rings (SSSR count). The molecule has 1 atom stereocenters. The molecule has 1 N–H and O–H groups in total. The molecule has 1 aliphatic rings. The fraction of sp³-hybridized carbons (Fsp3) is 0.333. The molecule has 2 aromatic rings. The summed E-state index contributed by atoms with van der Waals surface area (Å²) >= 11 is 0. The van der Waals surface area contributed by atoms with Gasteiger partial charge in [0.1, 0.15) is 0 Å². The summed E-state index contributed by atoms with van der Waals surface area (Å²) in [6.45, 7) is 0. The van der Waals surface area contributed by atoms with Crippen LogP contribution < -0.4 is 4.74 Å². The molecule has 1 unspecified atom stereocenters. The van der Waals surface area contributed by atoms with E-state index < -0.39 is 11.9 Å². The summed E-state index contributed by atoms with van der Waals surface area (Å²) in [6, 6.07) is 13.0. The van der Waals surface area contributed by atoms with Crippen LogP contribution in [0.5, 0.6) is 5.75 Å². The van der Waals surface area contributed by atoms with Crippen LogP contribution in [-0.2, 0) is 6.42 Å². The van der Waals surface area contributed by atoms with Gasteiger partial charge >= 0.3 is 0 Å². The van der Waals surface area contributed by atoms with Crippen molar-refractivity contribution >= 4 is 0 Å². The van der Waals surface area contributed by atoms with Crippen LogP contribution in [0.25, 0.3) is 0 Å². The van der Waals surface area contributed by atoms with E-state index in [9.17, 15) is 9.50 Å². The maximum atomic E-state index is 14.1. The van der Waals surface area contributed by atoms with Crippen LogP contribution in [0.15, 0.2) is 42.5 Å². The van der Waals surface area contributed by atoms with Crippen LogP contribution >= 0.6 is 0 Å². The van der Waals surface area contributed by atoms with Crippen molar-refractivity contribution < 1.29 is 14.2 Å². The second kappa shape index (κ2) is 5.86. The van der Waals surface area contributed by atoms with Gasteiger partial charge in [-0.05, 0) is 41.5 Å². The van der Waals surface area contributed by atoms with Crippen molar-refractivity contribution in [3.8, 4) is 5.75 Å². The first-order valence-corrected chi connectivity index (χ1v) is 7.28. The number of rotatable bonds is 5. The molecule has 1 aliphatic carbocycles. The number of halogens is 1. The minimum absolute atomic E-state index is 0.214.